The lowest BCUT2D eigenvalue weighted by atomic mass is 9.84. The Labute approximate surface area is 188 Å². The average molecular weight is 425 g/mol. The van der Waals surface area contributed by atoms with Crippen LogP contribution in [-0.2, 0) is 12.5 Å². The Morgan fingerprint density at radius 2 is 1.48 bits per heavy atom. The molecule has 2 heteroatoms. The van der Waals surface area contributed by atoms with Gasteiger partial charge in [-0.2, -0.15) is 0 Å². The van der Waals surface area contributed by atoms with Crippen LogP contribution in [0.4, 0.5) is 0 Å². The average Bonchev–Trinajstić information content (AvgIpc) is 2.74. The molecule has 4 rings (SSSR count). The van der Waals surface area contributed by atoms with E-state index in [0.29, 0.717) is 0 Å². The molecule has 4 aromatic rings. The molecule has 1 heterocycles. The first-order valence-corrected chi connectivity index (χ1v) is 14.2. The van der Waals surface area contributed by atoms with Gasteiger partial charge in [0.15, 0.2) is 6.20 Å². The zero-order chi connectivity index (χ0) is 22.4. The minimum atomic E-state index is -1.73. The summed E-state index contributed by atoms with van der Waals surface area (Å²) in [7, 11) is 0.427. The molecule has 0 spiro atoms. The second-order valence-electron chi connectivity index (χ2n) is 10.3. The largest absolute Gasteiger partial charge is 0.220 e. The number of pyridine rings is 1. The topological polar surface area (TPSA) is 3.88 Å². The van der Waals surface area contributed by atoms with E-state index in [1.807, 2.05) is 0 Å². The maximum Gasteiger partial charge on any atom is 0.220 e. The lowest BCUT2D eigenvalue weighted by Gasteiger charge is -2.24. The predicted molar refractivity (Wildman–Crippen MR) is 137 cm³/mol. The van der Waals surface area contributed by atoms with Crippen molar-refractivity contribution < 1.29 is 4.57 Å². The summed E-state index contributed by atoms with van der Waals surface area (Å²) in [5.41, 5.74) is 5.45. The molecule has 0 aliphatic heterocycles. The molecular formula is C29H34NSi+. The highest BCUT2D eigenvalue weighted by molar-refractivity contribution is 7.00. The first-order valence-electron chi connectivity index (χ1n) is 11.2. The molecule has 0 N–H and O–H groups in total. The van der Waals surface area contributed by atoms with Crippen molar-refractivity contribution in [1.29, 1.82) is 0 Å². The standard InChI is InChI=1S/C29H34NSi/c1-21-13-14-23(29(2,3)4)20-27(21)28-26-16-15-25(19-22(26)17-18-30(28)5)31(6,7)24-11-9-8-10-12-24/h8-20H,1-7H3/q+1. The van der Waals surface area contributed by atoms with Gasteiger partial charge in [0, 0.05) is 11.6 Å². The Bertz CT molecular complexity index is 1250. The van der Waals surface area contributed by atoms with Crippen molar-refractivity contribution in [2.24, 2.45) is 7.05 Å². The van der Waals surface area contributed by atoms with Crippen molar-refractivity contribution in [2.75, 3.05) is 0 Å². The van der Waals surface area contributed by atoms with Crippen molar-refractivity contribution in [1.82, 2.24) is 0 Å². The van der Waals surface area contributed by atoms with Gasteiger partial charge in [-0.15, -0.1) is 0 Å². The van der Waals surface area contributed by atoms with Crippen molar-refractivity contribution in [3.63, 3.8) is 0 Å². The summed E-state index contributed by atoms with van der Waals surface area (Å²) in [5.74, 6) is 0. The summed E-state index contributed by atoms with van der Waals surface area (Å²) in [6.07, 6.45) is 2.21. The van der Waals surface area contributed by atoms with Gasteiger partial charge in [-0.1, -0.05) is 98.8 Å². The number of fused-ring (bicyclic) bond motifs is 1. The quantitative estimate of drug-likeness (QED) is 0.291. The minimum absolute atomic E-state index is 0.129. The van der Waals surface area contributed by atoms with Gasteiger partial charge in [0.05, 0.1) is 5.39 Å². The Hall–Kier alpha value is -2.71. The Balaban J connectivity index is 1.91. The fraction of sp³-hybridized carbons (Fsp3) is 0.276. The minimum Gasteiger partial charge on any atom is -0.200 e. The summed E-state index contributed by atoms with van der Waals surface area (Å²) in [5, 5.41) is 5.60. The van der Waals surface area contributed by atoms with Gasteiger partial charge in [0.25, 0.3) is 0 Å². The van der Waals surface area contributed by atoms with Crippen LogP contribution < -0.4 is 14.9 Å². The van der Waals surface area contributed by atoms with Crippen LogP contribution in [-0.4, -0.2) is 8.07 Å². The lowest BCUT2D eigenvalue weighted by Crippen LogP contribution is -2.52. The Morgan fingerprint density at radius 3 is 2.16 bits per heavy atom. The molecule has 0 radical (unpaired) electrons. The molecule has 0 aliphatic rings. The van der Waals surface area contributed by atoms with Crippen molar-refractivity contribution >= 4 is 29.2 Å². The van der Waals surface area contributed by atoms with E-state index in [1.165, 1.54) is 43.5 Å². The normalized spacial score (nSPS) is 12.4. The van der Waals surface area contributed by atoms with Gasteiger partial charge in [0.1, 0.15) is 15.1 Å². The van der Waals surface area contributed by atoms with Crippen LogP contribution in [0.5, 0.6) is 0 Å². The van der Waals surface area contributed by atoms with Gasteiger partial charge in [-0.05, 0) is 41.0 Å². The molecule has 0 saturated heterocycles. The van der Waals surface area contributed by atoms with Gasteiger partial charge >= 0.3 is 0 Å². The van der Waals surface area contributed by atoms with Crippen molar-refractivity contribution in [3.05, 3.63) is 90.1 Å². The molecule has 3 aromatic carbocycles. The number of aryl methyl sites for hydroxylation is 2. The summed E-state index contributed by atoms with van der Waals surface area (Å²) < 4.78 is 2.27. The molecule has 31 heavy (non-hydrogen) atoms. The summed E-state index contributed by atoms with van der Waals surface area (Å²) in [6.45, 7) is 14.0. The van der Waals surface area contributed by atoms with E-state index < -0.39 is 8.07 Å². The molecule has 0 aliphatic carbocycles. The Kier molecular flexibility index (Phi) is 5.39. The van der Waals surface area contributed by atoms with Crippen LogP contribution in [0.25, 0.3) is 22.0 Å². The zero-order valence-corrected chi connectivity index (χ0v) is 21.0. The van der Waals surface area contributed by atoms with Gasteiger partial charge < -0.3 is 0 Å². The third-order valence-corrected chi connectivity index (χ3v) is 10.2. The highest BCUT2D eigenvalue weighted by Crippen LogP contribution is 2.32. The molecule has 158 valence electrons. The maximum atomic E-state index is 2.45. The molecule has 0 atom stereocenters. The van der Waals surface area contributed by atoms with E-state index in [0.717, 1.165) is 0 Å². The SMILES string of the molecule is Cc1ccc(C(C)(C)C)cc1-c1c2ccc([Si](C)(C)c3ccccc3)cc2cc[n+]1C. The van der Waals surface area contributed by atoms with E-state index in [2.05, 4.69) is 131 Å². The molecule has 1 aromatic heterocycles. The molecule has 0 bridgehead atoms. The summed E-state index contributed by atoms with van der Waals surface area (Å²) >= 11 is 0. The number of nitrogens with zero attached hydrogens (tertiary/aromatic N) is 1. The van der Waals surface area contributed by atoms with Gasteiger partial charge in [-0.25, -0.2) is 4.57 Å². The fourth-order valence-corrected chi connectivity index (χ4v) is 6.84. The van der Waals surface area contributed by atoms with Gasteiger partial charge in [0.2, 0.25) is 5.69 Å². The Morgan fingerprint density at radius 1 is 0.774 bits per heavy atom. The number of benzene rings is 3. The maximum absolute atomic E-state index is 2.45. The third kappa shape index (κ3) is 3.97. The van der Waals surface area contributed by atoms with Crippen LogP contribution >= 0.6 is 0 Å². The smallest absolute Gasteiger partial charge is 0.200 e. The van der Waals surface area contributed by atoms with Crippen LogP contribution in [0.2, 0.25) is 13.1 Å². The highest BCUT2D eigenvalue weighted by Gasteiger charge is 2.27. The summed E-state index contributed by atoms with van der Waals surface area (Å²) in [6, 6.07) is 27.3. The number of aromatic nitrogens is 1. The zero-order valence-electron chi connectivity index (χ0n) is 20.0. The van der Waals surface area contributed by atoms with E-state index in [-0.39, 0.29) is 5.41 Å². The molecule has 0 fully saturated rings. The monoisotopic (exact) mass is 424 g/mol. The van der Waals surface area contributed by atoms with Crippen LogP contribution in [0.3, 0.4) is 0 Å². The third-order valence-electron chi connectivity index (χ3n) is 6.71. The van der Waals surface area contributed by atoms with Gasteiger partial charge in [-0.3, -0.25) is 0 Å². The van der Waals surface area contributed by atoms with Crippen molar-refractivity contribution in [2.45, 2.75) is 46.2 Å². The number of hydrogen-bond donors (Lipinski definition) is 0. The van der Waals surface area contributed by atoms with E-state index in [9.17, 15) is 0 Å². The summed E-state index contributed by atoms with van der Waals surface area (Å²) in [4.78, 5) is 0. The second kappa shape index (κ2) is 7.76. The van der Waals surface area contributed by atoms with Crippen molar-refractivity contribution in [3.8, 4) is 11.3 Å². The van der Waals surface area contributed by atoms with E-state index in [1.54, 1.807) is 0 Å². The first-order chi connectivity index (χ1) is 14.6. The van der Waals surface area contributed by atoms with Crippen LogP contribution in [0.15, 0.2) is 79.0 Å². The first kappa shape index (κ1) is 21.5. The number of rotatable bonds is 3. The van der Waals surface area contributed by atoms with Crippen LogP contribution in [0.1, 0.15) is 31.9 Å². The number of hydrogen-bond acceptors (Lipinski definition) is 0. The van der Waals surface area contributed by atoms with Crippen LogP contribution in [0, 0.1) is 6.92 Å². The molecule has 0 amide bonds. The predicted octanol–water partition coefficient (Wildman–Crippen LogP) is 5.76. The lowest BCUT2D eigenvalue weighted by molar-refractivity contribution is -0.659. The molecule has 0 saturated carbocycles. The second-order valence-corrected chi connectivity index (χ2v) is 14.8. The molecular weight excluding hydrogens is 390 g/mol. The highest BCUT2D eigenvalue weighted by atomic mass is 28.3. The molecule has 0 unspecified atom stereocenters. The van der Waals surface area contributed by atoms with E-state index >= 15 is 0 Å². The molecule has 1 nitrogen and oxygen atoms in total. The van der Waals surface area contributed by atoms with E-state index in [4.69, 9.17) is 0 Å². The fourth-order valence-electron chi connectivity index (χ4n) is 4.46.